The Morgan fingerprint density at radius 1 is 1.18 bits per heavy atom. The van der Waals surface area contributed by atoms with Crippen LogP contribution >= 0.6 is 0 Å². The lowest BCUT2D eigenvalue weighted by molar-refractivity contribution is 0.0414. The third kappa shape index (κ3) is 5.91. The number of nitrogens with zero attached hydrogens (tertiary/aromatic N) is 2. The van der Waals surface area contributed by atoms with Crippen LogP contribution in [-0.2, 0) is 4.74 Å². The molecule has 0 saturated carbocycles. The van der Waals surface area contributed by atoms with E-state index in [-0.39, 0.29) is 19.1 Å². The molecule has 7 heteroatoms. The van der Waals surface area contributed by atoms with E-state index in [1.165, 1.54) is 7.11 Å². The third-order valence-electron chi connectivity index (χ3n) is 5.17. The Bertz CT molecular complexity index is 642. The van der Waals surface area contributed by atoms with Crippen LogP contribution in [0.3, 0.4) is 0 Å². The van der Waals surface area contributed by atoms with Crippen LogP contribution in [0, 0.1) is 6.92 Å². The first-order valence-corrected chi connectivity index (χ1v) is 9.95. The molecule has 7 nitrogen and oxygen atoms in total. The van der Waals surface area contributed by atoms with Crippen LogP contribution in [-0.4, -0.2) is 91.7 Å². The van der Waals surface area contributed by atoms with E-state index < -0.39 is 12.1 Å². The van der Waals surface area contributed by atoms with Crippen molar-refractivity contribution in [1.82, 2.24) is 9.80 Å². The van der Waals surface area contributed by atoms with Gasteiger partial charge in [-0.2, -0.15) is 0 Å². The van der Waals surface area contributed by atoms with Crippen LogP contribution in [0.15, 0.2) is 12.1 Å². The monoisotopic (exact) mass is 394 g/mol. The minimum atomic E-state index is -0.656. The van der Waals surface area contributed by atoms with Crippen molar-refractivity contribution in [2.24, 2.45) is 0 Å². The lowest BCUT2D eigenvalue weighted by Crippen LogP contribution is -2.49. The summed E-state index contributed by atoms with van der Waals surface area (Å²) in [6.45, 7) is 10.9. The predicted molar refractivity (Wildman–Crippen MR) is 108 cm³/mol. The second-order valence-electron chi connectivity index (χ2n) is 7.65. The average Bonchev–Trinajstić information content (AvgIpc) is 2.67. The number of carbonyl (C=O) groups is 1. The quantitative estimate of drug-likeness (QED) is 0.610. The van der Waals surface area contributed by atoms with Crippen molar-refractivity contribution in [3.8, 4) is 5.75 Å². The van der Waals surface area contributed by atoms with Gasteiger partial charge in [0, 0.05) is 39.3 Å². The number of aliphatic hydroxyl groups excluding tert-OH is 2. The van der Waals surface area contributed by atoms with E-state index in [0.29, 0.717) is 24.4 Å². The number of benzene rings is 1. The largest absolute Gasteiger partial charge is 0.490 e. The van der Waals surface area contributed by atoms with Crippen LogP contribution in [0.1, 0.15) is 41.3 Å². The summed E-state index contributed by atoms with van der Waals surface area (Å²) in [5.41, 5.74) is 2.17. The summed E-state index contributed by atoms with van der Waals surface area (Å²) in [7, 11) is 1.36. The molecule has 1 unspecified atom stereocenters. The Hall–Kier alpha value is -1.67. The molecule has 2 N–H and O–H groups in total. The van der Waals surface area contributed by atoms with Gasteiger partial charge in [0.1, 0.15) is 24.0 Å². The number of aliphatic hydroxyl groups is 2. The molecule has 1 fully saturated rings. The zero-order chi connectivity index (χ0) is 20.7. The van der Waals surface area contributed by atoms with Gasteiger partial charge in [-0.05, 0) is 24.0 Å². The molecule has 1 aliphatic heterocycles. The number of carbonyl (C=O) groups excluding carboxylic acids is 1. The molecular formula is C21H34N2O5. The Labute approximate surface area is 167 Å². The first-order chi connectivity index (χ1) is 13.4. The predicted octanol–water partition coefficient (Wildman–Crippen LogP) is 1.25. The van der Waals surface area contributed by atoms with Crippen LogP contribution in [0.5, 0.6) is 5.75 Å². The maximum Gasteiger partial charge on any atom is 0.341 e. The lowest BCUT2D eigenvalue weighted by Gasteiger charge is -2.35. The fraction of sp³-hybridized carbons (Fsp3) is 0.667. The molecule has 1 atom stereocenters. The van der Waals surface area contributed by atoms with E-state index in [0.717, 1.165) is 37.3 Å². The number of ether oxygens (including phenoxy) is 2. The molecule has 0 bridgehead atoms. The lowest BCUT2D eigenvalue weighted by atomic mass is 9.94. The van der Waals surface area contributed by atoms with Crippen molar-refractivity contribution in [3.63, 3.8) is 0 Å². The van der Waals surface area contributed by atoms with E-state index in [9.17, 15) is 9.90 Å². The molecule has 1 saturated heterocycles. The van der Waals surface area contributed by atoms with Gasteiger partial charge in [0.2, 0.25) is 0 Å². The summed E-state index contributed by atoms with van der Waals surface area (Å²) in [5, 5.41) is 19.5. The van der Waals surface area contributed by atoms with Gasteiger partial charge in [-0.3, -0.25) is 9.80 Å². The van der Waals surface area contributed by atoms with Crippen LogP contribution < -0.4 is 4.74 Å². The molecule has 1 heterocycles. The number of hydrogen-bond donors (Lipinski definition) is 2. The molecule has 0 aromatic heterocycles. The summed E-state index contributed by atoms with van der Waals surface area (Å²) >= 11 is 0. The van der Waals surface area contributed by atoms with E-state index in [1.54, 1.807) is 0 Å². The molecule has 1 aromatic carbocycles. The summed E-state index contributed by atoms with van der Waals surface area (Å²) in [6.07, 6.45) is -0.656. The van der Waals surface area contributed by atoms with Crippen LogP contribution in [0.4, 0.5) is 0 Å². The zero-order valence-corrected chi connectivity index (χ0v) is 17.5. The van der Waals surface area contributed by atoms with E-state index in [1.807, 2.05) is 32.9 Å². The maximum atomic E-state index is 12.4. The number of piperazine rings is 1. The molecule has 158 valence electrons. The Morgan fingerprint density at radius 2 is 1.82 bits per heavy atom. The van der Waals surface area contributed by atoms with Gasteiger partial charge in [0.15, 0.2) is 0 Å². The van der Waals surface area contributed by atoms with Gasteiger partial charge < -0.3 is 19.7 Å². The van der Waals surface area contributed by atoms with Crippen molar-refractivity contribution in [2.75, 3.05) is 59.6 Å². The Balaban J connectivity index is 2.00. The molecule has 0 amide bonds. The summed E-state index contributed by atoms with van der Waals surface area (Å²) in [4.78, 5) is 16.8. The van der Waals surface area contributed by atoms with Crippen molar-refractivity contribution in [2.45, 2.75) is 32.8 Å². The highest BCUT2D eigenvalue weighted by atomic mass is 16.5. The first-order valence-electron chi connectivity index (χ1n) is 9.95. The van der Waals surface area contributed by atoms with E-state index in [2.05, 4.69) is 9.80 Å². The maximum absolute atomic E-state index is 12.4. The van der Waals surface area contributed by atoms with Gasteiger partial charge >= 0.3 is 5.97 Å². The van der Waals surface area contributed by atoms with Crippen molar-refractivity contribution < 1.29 is 24.5 Å². The van der Waals surface area contributed by atoms with E-state index in [4.69, 9.17) is 14.6 Å². The molecule has 1 aliphatic rings. The number of β-amino-alcohol motifs (C(OH)–C–C–N with tert-alkyl or cyclic N) is 2. The van der Waals surface area contributed by atoms with Gasteiger partial charge in [-0.1, -0.05) is 26.0 Å². The molecule has 1 aromatic rings. The number of rotatable bonds is 9. The third-order valence-corrected chi connectivity index (χ3v) is 5.17. The summed E-state index contributed by atoms with van der Waals surface area (Å²) in [5.74, 6) is 0.221. The average molecular weight is 395 g/mol. The van der Waals surface area contributed by atoms with Crippen molar-refractivity contribution >= 4 is 5.97 Å². The smallest absolute Gasteiger partial charge is 0.341 e. The second-order valence-corrected chi connectivity index (χ2v) is 7.65. The molecule has 0 aliphatic carbocycles. The van der Waals surface area contributed by atoms with Crippen molar-refractivity contribution in [1.29, 1.82) is 0 Å². The first kappa shape index (κ1) is 22.6. The zero-order valence-electron chi connectivity index (χ0n) is 17.5. The molecular weight excluding hydrogens is 360 g/mol. The molecule has 0 spiro atoms. The highest BCUT2D eigenvalue weighted by Gasteiger charge is 2.24. The number of methoxy groups -OCH3 is 1. The van der Waals surface area contributed by atoms with E-state index >= 15 is 0 Å². The van der Waals surface area contributed by atoms with Crippen LogP contribution in [0.2, 0.25) is 0 Å². The fourth-order valence-corrected chi connectivity index (χ4v) is 3.55. The summed E-state index contributed by atoms with van der Waals surface area (Å²) in [6, 6.07) is 3.87. The highest BCUT2D eigenvalue weighted by molar-refractivity contribution is 5.95. The summed E-state index contributed by atoms with van der Waals surface area (Å²) < 4.78 is 10.9. The van der Waals surface area contributed by atoms with Gasteiger partial charge in [-0.25, -0.2) is 4.79 Å². The van der Waals surface area contributed by atoms with Gasteiger partial charge in [0.05, 0.1) is 13.7 Å². The standard InChI is InChI=1S/C21H34N2O5/c1-15(2)18-6-5-16(3)20(19(18)21(26)27-4)28-14-17(25)13-23-9-7-22(8-10-23)11-12-24/h5-6,15,17,24-25H,7-14H2,1-4H3. The Kier molecular flexibility index (Phi) is 8.69. The number of aryl methyl sites for hydroxylation is 1. The second kappa shape index (κ2) is 10.8. The minimum Gasteiger partial charge on any atom is -0.490 e. The topological polar surface area (TPSA) is 82.5 Å². The minimum absolute atomic E-state index is 0.114. The normalized spacial score (nSPS) is 17.0. The SMILES string of the molecule is COC(=O)c1c(C(C)C)ccc(C)c1OCC(O)CN1CCN(CCO)CC1. The number of esters is 1. The number of hydrogen-bond acceptors (Lipinski definition) is 7. The Morgan fingerprint density at radius 3 is 2.39 bits per heavy atom. The molecule has 0 radical (unpaired) electrons. The van der Waals surface area contributed by atoms with Crippen LogP contribution in [0.25, 0.3) is 0 Å². The molecule has 28 heavy (non-hydrogen) atoms. The highest BCUT2D eigenvalue weighted by Crippen LogP contribution is 2.32. The van der Waals surface area contributed by atoms with Gasteiger partial charge in [-0.15, -0.1) is 0 Å². The fourth-order valence-electron chi connectivity index (χ4n) is 3.55. The molecule has 2 rings (SSSR count). The van der Waals surface area contributed by atoms with Gasteiger partial charge in [0.25, 0.3) is 0 Å². The van der Waals surface area contributed by atoms with Crippen molar-refractivity contribution in [3.05, 3.63) is 28.8 Å².